The Morgan fingerprint density at radius 2 is 2.13 bits per heavy atom. The van der Waals surface area contributed by atoms with Crippen LogP contribution in [0.3, 0.4) is 0 Å². The number of aliphatic imine (C=N–C) groups is 1. The largest absolute Gasteiger partial charge is 0.357 e. The summed E-state index contributed by atoms with van der Waals surface area (Å²) in [7, 11) is 0. The summed E-state index contributed by atoms with van der Waals surface area (Å²) in [5, 5.41) is 15.2. The van der Waals surface area contributed by atoms with E-state index in [1.54, 1.807) is 0 Å². The van der Waals surface area contributed by atoms with Crippen molar-refractivity contribution in [1.29, 1.82) is 0 Å². The molecule has 0 aliphatic heterocycles. The van der Waals surface area contributed by atoms with Crippen LogP contribution in [0, 0.1) is 5.41 Å². The molecule has 0 unspecified atom stereocenters. The Hall–Kier alpha value is -2.11. The maximum Gasteiger partial charge on any atom is 0.191 e. The third-order valence-corrected chi connectivity index (χ3v) is 4.90. The van der Waals surface area contributed by atoms with Gasteiger partial charge in [0, 0.05) is 19.3 Å². The Morgan fingerprint density at radius 3 is 2.83 bits per heavy atom. The molecule has 124 valence electrons. The smallest absolute Gasteiger partial charge is 0.191 e. The van der Waals surface area contributed by atoms with Crippen LogP contribution in [0.1, 0.15) is 45.4 Å². The minimum Gasteiger partial charge on any atom is -0.357 e. The summed E-state index contributed by atoms with van der Waals surface area (Å²) in [6, 6.07) is 5.89. The fourth-order valence-corrected chi connectivity index (χ4v) is 3.09. The van der Waals surface area contributed by atoms with E-state index in [0.717, 1.165) is 30.5 Å². The van der Waals surface area contributed by atoms with Gasteiger partial charge in [0.2, 0.25) is 0 Å². The van der Waals surface area contributed by atoms with E-state index in [0.29, 0.717) is 12.0 Å². The molecule has 2 aromatic rings. The molecule has 0 aromatic carbocycles. The first-order valence-corrected chi connectivity index (χ1v) is 8.57. The number of rotatable bonds is 6. The standard InChI is InChI=1S/C17H26N6/c1-3-17(9-7-10-17)13-20-16(18-4-2)19-12-15-22-21-14-8-5-6-11-23(14)15/h5-6,8,11H,3-4,7,9-10,12-13H2,1-2H3,(H2,18,19,20). The molecule has 2 aromatic heterocycles. The zero-order valence-corrected chi connectivity index (χ0v) is 14.0. The third-order valence-electron chi connectivity index (χ3n) is 4.90. The van der Waals surface area contributed by atoms with Crippen molar-refractivity contribution in [2.24, 2.45) is 10.4 Å². The SMILES string of the molecule is CCNC(=NCc1nnc2ccccn12)NCC1(CC)CCC1. The molecule has 0 atom stereocenters. The molecular formula is C17H26N6. The van der Waals surface area contributed by atoms with E-state index < -0.39 is 0 Å². The molecule has 1 fully saturated rings. The number of nitrogens with one attached hydrogen (secondary N) is 2. The molecule has 23 heavy (non-hydrogen) atoms. The van der Waals surface area contributed by atoms with Crippen LogP contribution in [0.15, 0.2) is 29.4 Å². The molecule has 0 amide bonds. The molecule has 0 spiro atoms. The molecule has 0 bridgehead atoms. The van der Waals surface area contributed by atoms with Crippen molar-refractivity contribution >= 4 is 11.6 Å². The molecule has 0 saturated heterocycles. The van der Waals surface area contributed by atoms with Crippen LogP contribution in [0.5, 0.6) is 0 Å². The number of hydrogen-bond acceptors (Lipinski definition) is 3. The van der Waals surface area contributed by atoms with Gasteiger partial charge in [-0.05, 0) is 43.7 Å². The van der Waals surface area contributed by atoms with E-state index in [2.05, 4.69) is 39.7 Å². The van der Waals surface area contributed by atoms with Crippen molar-refractivity contribution in [2.75, 3.05) is 13.1 Å². The van der Waals surface area contributed by atoms with Gasteiger partial charge in [0.05, 0.1) is 0 Å². The Balaban J connectivity index is 1.66. The third kappa shape index (κ3) is 3.46. The average molecular weight is 314 g/mol. The summed E-state index contributed by atoms with van der Waals surface area (Å²) in [6.07, 6.45) is 7.21. The van der Waals surface area contributed by atoms with Crippen LogP contribution in [0.25, 0.3) is 5.65 Å². The van der Waals surface area contributed by atoms with Crippen molar-refractivity contribution in [2.45, 2.75) is 46.1 Å². The molecule has 6 nitrogen and oxygen atoms in total. The van der Waals surface area contributed by atoms with E-state index in [4.69, 9.17) is 0 Å². The van der Waals surface area contributed by atoms with E-state index in [-0.39, 0.29) is 0 Å². The van der Waals surface area contributed by atoms with E-state index in [9.17, 15) is 0 Å². The highest BCUT2D eigenvalue weighted by molar-refractivity contribution is 5.79. The van der Waals surface area contributed by atoms with E-state index in [1.165, 1.54) is 25.7 Å². The molecule has 3 rings (SSSR count). The van der Waals surface area contributed by atoms with Gasteiger partial charge in [-0.1, -0.05) is 19.4 Å². The molecule has 1 saturated carbocycles. The number of nitrogens with zero attached hydrogens (tertiary/aromatic N) is 4. The number of guanidine groups is 1. The number of aromatic nitrogens is 3. The van der Waals surface area contributed by atoms with Crippen LogP contribution in [-0.4, -0.2) is 33.6 Å². The van der Waals surface area contributed by atoms with Crippen molar-refractivity contribution in [3.8, 4) is 0 Å². The second-order valence-electron chi connectivity index (χ2n) is 6.30. The second-order valence-corrected chi connectivity index (χ2v) is 6.30. The lowest BCUT2D eigenvalue weighted by Gasteiger charge is -2.41. The van der Waals surface area contributed by atoms with Gasteiger partial charge >= 0.3 is 0 Å². The number of hydrogen-bond donors (Lipinski definition) is 2. The molecule has 0 radical (unpaired) electrons. The maximum atomic E-state index is 4.67. The maximum absolute atomic E-state index is 4.67. The van der Waals surface area contributed by atoms with Crippen LogP contribution < -0.4 is 10.6 Å². The lowest BCUT2D eigenvalue weighted by Crippen LogP contribution is -2.46. The minimum absolute atomic E-state index is 0.470. The monoisotopic (exact) mass is 314 g/mol. The van der Waals surface area contributed by atoms with E-state index >= 15 is 0 Å². The van der Waals surface area contributed by atoms with Crippen molar-refractivity contribution in [3.63, 3.8) is 0 Å². The Bertz CT molecular complexity index is 665. The van der Waals surface area contributed by atoms with Crippen molar-refractivity contribution < 1.29 is 0 Å². The molecular weight excluding hydrogens is 288 g/mol. The quantitative estimate of drug-likeness (QED) is 0.634. The summed E-state index contributed by atoms with van der Waals surface area (Å²) < 4.78 is 1.98. The molecule has 1 aliphatic carbocycles. The summed E-state index contributed by atoms with van der Waals surface area (Å²) in [4.78, 5) is 4.67. The summed E-state index contributed by atoms with van der Waals surface area (Å²) >= 11 is 0. The zero-order valence-electron chi connectivity index (χ0n) is 14.0. The first-order chi connectivity index (χ1) is 11.3. The molecule has 2 heterocycles. The van der Waals surface area contributed by atoms with Gasteiger partial charge in [0.1, 0.15) is 6.54 Å². The first kappa shape index (κ1) is 15.8. The van der Waals surface area contributed by atoms with Gasteiger partial charge in [-0.3, -0.25) is 4.40 Å². The van der Waals surface area contributed by atoms with Gasteiger partial charge in [-0.15, -0.1) is 10.2 Å². The van der Waals surface area contributed by atoms with Gasteiger partial charge in [0.15, 0.2) is 17.4 Å². The van der Waals surface area contributed by atoms with Gasteiger partial charge in [0.25, 0.3) is 0 Å². The first-order valence-electron chi connectivity index (χ1n) is 8.57. The summed E-state index contributed by atoms with van der Waals surface area (Å²) in [5.74, 6) is 1.71. The van der Waals surface area contributed by atoms with E-state index in [1.807, 2.05) is 28.8 Å². The number of fused-ring (bicyclic) bond motifs is 1. The fraction of sp³-hybridized carbons (Fsp3) is 0.588. The highest BCUT2D eigenvalue weighted by Crippen LogP contribution is 2.42. The Labute approximate surface area is 137 Å². The fourth-order valence-electron chi connectivity index (χ4n) is 3.09. The van der Waals surface area contributed by atoms with Gasteiger partial charge in [-0.2, -0.15) is 0 Å². The van der Waals surface area contributed by atoms with Crippen LogP contribution in [0.4, 0.5) is 0 Å². The summed E-state index contributed by atoms with van der Waals surface area (Å²) in [6.45, 7) is 6.73. The minimum atomic E-state index is 0.470. The lowest BCUT2D eigenvalue weighted by atomic mass is 9.67. The van der Waals surface area contributed by atoms with Crippen molar-refractivity contribution in [3.05, 3.63) is 30.2 Å². The second kappa shape index (κ2) is 6.98. The predicted octanol–water partition coefficient (Wildman–Crippen LogP) is 2.36. The van der Waals surface area contributed by atoms with Gasteiger partial charge < -0.3 is 10.6 Å². The Kier molecular flexibility index (Phi) is 4.79. The molecule has 1 aliphatic rings. The highest BCUT2D eigenvalue weighted by atomic mass is 15.3. The predicted molar refractivity (Wildman–Crippen MR) is 92.4 cm³/mol. The average Bonchev–Trinajstić information content (AvgIpc) is 2.95. The normalized spacial score (nSPS) is 17.0. The topological polar surface area (TPSA) is 66.6 Å². The van der Waals surface area contributed by atoms with Crippen LogP contribution in [-0.2, 0) is 6.54 Å². The lowest BCUT2D eigenvalue weighted by molar-refractivity contribution is 0.131. The van der Waals surface area contributed by atoms with Gasteiger partial charge in [-0.25, -0.2) is 4.99 Å². The molecule has 2 N–H and O–H groups in total. The summed E-state index contributed by atoms with van der Waals surface area (Å²) in [5.41, 5.74) is 1.33. The van der Waals surface area contributed by atoms with Crippen molar-refractivity contribution in [1.82, 2.24) is 25.2 Å². The van der Waals surface area contributed by atoms with Crippen LogP contribution >= 0.6 is 0 Å². The highest BCUT2D eigenvalue weighted by Gasteiger charge is 2.34. The Morgan fingerprint density at radius 1 is 1.26 bits per heavy atom. The molecule has 6 heteroatoms. The zero-order chi connectivity index (χ0) is 16.1. The number of pyridine rings is 1. The van der Waals surface area contributed by atoms with Crippen LogP contribution in [0.2, 0.25) is 0 Å².